The number of rotatable bonds is 16. The molecule has 0 unspecified atom stereocenters. The molecule has 0 spiro atoms. The van der Waals surface area contributed by atoms with Crippen LogP contribution in [0.3, 0.4) is 0 Å². The third-order valence-electron chi connectivity index (χ3n) is 4.36. The van der Waals surface area contributed by atoms with E-state index in [9.17, 15) is 0 Å². The molecular formula is C20H40S. The van der Waals surface area contributed by atoms with Crippen LogP contribution in [0, 0.1) is 0 Å². The molecule has 0 aromatic carbocycles. The van der Waals surface area contributed by atoms with E-state index in [0.29, 0.717) is 0 Å². The van der Waals surface area contributed by atoms with Gasteiger partial charge >= 0.3 is 0 Å². The highest BCUT2D eigenvalue weighted by molar-refractivity contribution is 7.80. The van der Waals surface area contributed by atoms with Gasteiger partial charge in [0.25, 0.3) is 0 Å². The van der Waals surface area contributed by atoms with Crippen LogP contribution in [0.4, 0.5) is 0 Å². The summed E-state index contributed by atoms with van der Waals surface area (Å²) >= 11 is 4.23. The van der Waals surface area contributed by atoms with Crippen LogP contribution in [0.5, 0.6) is 0 Å². The summed E-state index contributed by atoms with van der Waals surface area (Å²) in [5, 5.41) is 0. The van der Waals surface area contributed by atoms with Crippen molar-refractivity contribution in [2.24, 2.45) is 0 Å². The monoisotopic (exact) mass is 312 g/mol. The van der Waals surface area contributed by atoms with E-state index < -0.39 is 0 Å². The predicted octanol–water partition coefficient (Wildman–Crippen LogP) is 7.73. The third kappa shape index (κ3) is 18.0. The summed E-state index contributed by atoms with van der Waals surface area (Å²) in [5.74, 6) is 0.893. The molecule has 0 rings (SSSR count). The van der Waals surface area contributed by atoms with Crippen molar-refractivity contribution in [3.8, 4) is 0 Å². The number of thiol groups is 1. The number of unbranched alkanes of at least 4 members (excludes halogenated alkanes) is 13. The number of hydrogen-bond acceptors (Lipinski definition) is 1. The van der Waals surface area contributed by atoms with Crippen molar-refractivity contribution >= 4 is 12.6 Å². The van der Waals surface area contributed by atoms with Gasteiger partial charge in [0, 0.05) is 5.75 Å². The molecule has 0 saturated carbocycles. The summed E-state index contributed by atoms with van der Waals surface area (Å²) in [6, 6.07) is 0. The summed E-state index contributed by atoms with van der Waals surface area (Å²) in [4.78, 5) is 0. The minimum atomic E-state index is 0.893. The smallest absolute Gasteiger partial charge is 0.00850 e. The van der Waals surface area contributed by atoms with Crippen molar-refractivity contribution in [3.05, 3.63) is 11.6 Å². The van der Waals surface area contributed by atoms with Crippen LogP contribution in [0.15, 0.2) is 11.6 Å². The Morgan fingerprint density at radius 2 is 1.05 bits per heavy atom. The fraction of sp³-hybridized carbons (Fsp3) is 0.900. The Kier molecular flexibility index (Phi) is 18.2. The lowest BCUT2D eigenvalue weighted by molar-refractivity contribution is 0.535. The summed E-state index contributed by atoms with van der Waals surface area (Å²) in [6.07, 6.45) is 23.7. The summed E-state index contributed by atoms with van der Waals surface area (Å²) in [5.41, 5.74) is 1.52. The van der Waals surface area contributed by atoms with Gasteiger partial charge in [0.15, 0.2) is 0 Å². The topological polar surface area (TPSA) is 0 Å². The largest absolute Gasteiger partial charge is 0.175 e. The zero-order valence-electron chi connectivity index (χ0n) is 14.8. The van der Waals surface area contributed by atoms with E-state index in [4.69, 9.17) is 0 Å². The molecule has 0 atom stereocenters. The molecule has 0 saturated heterocycles. The fourth-order valence-electron chi connectivity index (χ4n) is 2.86. The summed E-state index contributed by atoms with van der Waals surface area (Å²) in [7, 11) is 0. The van der Waals surface area contributed by atoms with Crippen LogP contribution >= 0.6 is 12.6 Å². The molecule has 0 radical (unpaired) electrons. The first kappa shape index (κ1) is 21.1. The van der Waals surface area contributed by atoms with Crippen LogP contribution in [0.2, 0.25) is 0 Å². The number of allylic oxidation sites excluding steroid dienone is 1. The van der Waals surface area contributed by atoms with Gasteiger partial charge in [-0.15, -0.1) is 0 Å². The highest BCUT2D eigenvalue weighted by Crippen LogP contribution is 2.14. The van der Waals surface area contributed by atoms with Crippen molar-refractivity contribution in [1.29, 1.82) is 0 Å². The number of hydrogen-bond donors (Lipinski definition) is 1. The highest BCUT2D eigenvalue weighted by atomic mass is 32.1. The molecule has 21 heavy (non-hydrogen) atoms. The Hall–Kier alpha value is 0.0900. The van der Waals surface area contributed by atoms with E-state index in [-0.39, 0.29) is 0 Å². The van der Waals surface area contributed by atoms with Crippen molar-refractivity contribution in [2.45, 2.75) is 110 Å². The molecule has 0 aliphatic carbocycles. The Morgan fingerprint density at radius 1 is 0.667 bits per heavy atom. The SMILES string of the molecule is CCCCCCCCCCCCCCCC/C(C)=C/CS. The van der Waals surface area contributed by atoms with Crippen molar-refractivity contribution in [2.75, 3.05) is 5.75 Å². The molecule has 126 valence electrons. The van der Waals surface area contributed by atoms with E-state index in [0.717, 1.165) is 5.75 Å². The Bertz CT molecular complexity index is 220. The van der Waals surface area contributed by atoms with Gasteiger partial charge in [0.1, 0.15) is 0 Å². The molecular weight excluding hydrogens is 272 g/mol. The van der Waals surface area contributed by atoms with Gasteiger partial charge in [0.2, 0.25) is 0 Å². The van der Waals surface area contributed by atoms with Gasteiger partial charge in [-0.2, -0.15) is 12.6 Å². The van der Waals surface area contributed by atoms with Crippen LogP contribution < -0.4 is 0 Å². The average Bonchev–Trinajstić information content (AvgIpc) is 2.48. The molecule has 0 nitrogen and oxygen atoms in total. The normalized spacial score (nSPS) is 12.0. The van der Waals surface area contributed by atoms with Crippen LogP contribution in [-0.4, -0.2) is 5.75 Å². The molecule has 0 bridgehead atoms. The first-order valence-corrected chi connectivity index (χ1v) is 10.2. The predicted molar refractivity (Wildman–Crippen MR) is 103 cm³/mol. The molecule has 0 aliphatic heterocycles. The lowest BCUT2D eigenvalue weighted by atomic mass is 10.0. The van der Waals surface area contributed by atoms with Crippen LogP contribution in [0.1, 0.15) is 110 Å². The second-order valence-electron chi connectivity index (χ2n) is 6.58. The van der Waals surface area contributed by atoms with Gasteiger partial charge in [0.05, 0.1) is 0 Å². The Labute approximate surface area is 140 Å². The zero-order chi connectivity index (χ0) is 15.6. The highest BCUT2D eigenvalue weighted by Gasteiger charge is 1.94. The quantitative estimate of drug-likeness (QED) is 0.168. The maximum atomic E-state index is 4.23. The minimum absolute atomic E-state index is 0.893. The maximum absolute atomic E-state index is 4.23. The minimum Gasteiger partial charge on any atom is -0.175 e. The van der Waals surface area contributed by atoms with Gasteiger partial charge in [-0.25, -0.2) is 0 Å². The van der Waals surface area contributed by atoms with Gasteiger partial charge < -0.3 is 0 Å². The van der Waals surface area contributed by atoms with Gasteiger partial charge in [-0.3, -0.25) is 0 Å². The molecule has 0 amide bonds. The Balaban J connectivity index is 3.04. The standard InChI is InChI=1S/C20H40S/c1-3-4-5-6-7-8-9-10-11-12-13-14-15-16-17-20(2)18-19-21/h18,21H,3-17,19H2,1-2H3/b20-18+. The maximum Gasteiger partial charge on any atom is 0.00850 e. The van der Waals surface area contributed by atoms with E-state index in [2.05, 4.69) is 32.6 Å². The lowest BCUT2D eigenvalue weighted by Crippen LogP contribution is -1.84. The van der Waals surface area contributed by atoms with Crippen LogP contribution in [-0.2, 0) is 0 Å². The second-order valence-corrected chi connectivity index (χ2v) is 6.94. The molecule has 0 heterocycles. The van der Waals surface area contributed by atoms with E-state index in [1.54, 1.807) is 0 Å². The lowest BCUT2D eigenvalue weighted by Gasteiger charge is -2.03. The van der Waals surface area contributed by atoms with E-state index in [1.807, 2.05) is 0 Å². The molecule has 0 aromatic heterocycles. The third-order valence-corrected chi connectivity index (χ3v) is 4.55. The first-order valence-electron chi connectivity index (χ1n) is 9.57. The average molecular weight is 313 g/mol. The summed E-state index contributed by atoms with van der Waals surface area (Å²) < 4.78 is 0. The molecule has 0 aromatic rings. The zero-order valence-corrected chi connectivity index (χ0v) is 15.7. The summed E-state index contributed by atoms with van der Waals surface area (Å²) in [6.45, 7) is 4.53. The van der Waals surface area contributed by atoms with E-state index in [1.165, 1.54) is 102 Å². The second kappa shape index (κ2) is 18.1. The molecule has 0 fully saturated rings. The van der Waals surface area contributed by atoms with Gasteiger partial charge in [-0.05, 0) is 19.8 Å². The van der Waals surface area contributed by atoms with Crippen molar-refractivity contribution < 1.29 is 0 Å². The first-order chi connectivity index (χ1) is 10.3. The van der Waals surface area contributed by atoms with Crippen molar-refractivity contribution in [1.82, 2.24) is 0 Å². The molecule has 0 N–H and O–H groups in total. The fourth-order valence-corrected chi connectivity index (χ4v) is 3.17. The van der Waals surface area contributed by atoms with Crippen molar-refractivity contribution in [3.63, 3.8) is 0 Å². The molecule has 0 aliphatic rings. The Morgan fingerprint density at radius 3 is 1.43 bits per heavy atom. The molecule has 1 heteroatoms. The van der Waals surface area contributed by atoms with E-state index >= 15 is 0 Å². The van der Waals surface area contributed by atoms with Crippen LogP contribution in [0.25, 0.3) is 0 Å². The van der Waals surface area contributed by atoms with Gasteiger partial charge in [-0.1, -0.05) is 102 Å².